The van der Waals surface area contributed by atoms with Gasteiger partial charge in [0.05, 0.1) is 12.0 Å². The highest BCUT2D eigenvalue weighted by molar-refractivity contribution is 6.06. The van der Waals surface area contributed by atoms with Crippen LogP contribution in [0, 0.1) is 13.8 Å². The Bertz CT molecular complexity index is 672. The SMILES string of the molecule is Cc1cc2occ(C(=O)N(C)CCC(=O)O)c2cc1C. The topological polar surface area (TPSA) is 70.8 Å². The van der Waals surface area contributed by atoms with Crippen molar-refractivity contribution in [2.75, 3.05) is 13.6 Å². The lowest BCUT2D eigenvalue weighted by atomic mass is 10.0. The number of aliphatic carboxylic acids is 1. The van der Waals surface area contributed by atoms with Gasteiger partial charge in [-0.2, -0.15) is 0 Å². The molecule has 1 N–H and O–H groups in total. The zero-order chi connectivity index (χ0) is 14.9. The van der Waals surface area contributed by atoms with E-state index in [9.17, 15) is 9.59 Å². The van der Waals surface area contributed by atoms with Gasteiger partial charge in [-0.15, -0.1) is 0 Å². The van der Waals surface area contributed by atoms with Crippen molar-refractivity contribution in [2.45, 2.75) is 20.3 Å². The molecular weight excluding hydrogens is 258 g/mol. The van der Waals surface area contributed by atoms with E-state index < -0.39 is 5.97 Å². The second-order valence-electron chi connectivity index (χ2n) is 4.95. The Morgan fingerprint density at radius 3 is 2.55 bits per heavy atom. The first kappa shape index (κ1) is 14.1. The van der Waals surface area contributed by atoms with Crippen LogP contribution >= 0.6 is 0 Å². The number of nitrogens with zero attached hydrogens (tertiary/aromatic N) is 1. The minimum Gasteiger partial charge on any atom is -0.481 e. The van der Waals surface area contributed by atoms with Crippen molar-refractivity contribution in [3.8, 4) is 0 Å². The molecule has 1 amide bonds. The number of amides is 1. The first-order valence-corrected chi connectivity index (χ1v) is 6.36. The Labute approximate surface area is 116 Å². The lowest BCUT2D eigenvalue weighted by Gasteiger charge is -2.15. The number of hydrogen-bond donors (Lipinski definition) is 1. The highest BCUT2D eigenvalue weighted by Crippen LogP contribution is 2.25. The average molecular weight is 275 g/mol. The van der Waals surface area contributed by atoms with E-state index in [1.807, 2.05) is 26.0 Å². The smallest absolute Gasteiger partial charge is 0.305 e. The van der Waals surface area contributed by atoms with Crippen molar-refractivity contribution < 1.29 is 19.1 Å². The van der Waals surface area contributed by atoms with Crippen LogP contribution < -0.4 is 0 Å². The van der Waals surface area contributed by atoms with Gasteiger partial charge in [-0.3, -0.25) is 9.59 Å². The standard InChI is InChI=1S/C15H17NO4/c1-9-6-11-12(8-20-13(11)7-10(9)2)15(19)16(3)5-4-14(17)18/h6-8H,4-5H2,1-3H3,(H,17,18). The molecule has 20 heavy (non-hydrogen) atoms. The number of carboxylic acids is 1. The summed E-state index contributed by atoms with van der Waals surface area (Å²) >= 11 is 0. The Morgan fingerprint density at radius 2 is 1.90 bits per heavy atom. The maximum atomic E-state index is 12.3. The van der Waals surface area contributed by atoms with Crippen LogP contribution in [-0.2, 0) is 4.79 Å². The van der Waals surface area contributed by atoms with Crippen LogP contribution in [0.5, 0.6) is 0 Å². The second kappa shape index (κ2) is 5.36. The number of fused-ring (bicyclic) bond motifs is 1. The summed E-state index contributed by atoms with van der Waals surface area (Å²) in [6.45, 7) is 4.13. The van der Waals surface area contributed by atoms with Crippen LogP contribution in [-0.4, -0.2) is 35.5 Å². The molecule has 0 unspecified atom stereocenters. The fourth-order valence-corrected chi connectivity index (χ4v) is 2.02. The van der Waals surface area contributed by atoms with E-state index in [1.165, 1.54) is 11.2 Å². The van der Waals surface area contributed by atoms with Crippen LogP contribution in [0.4, 0.5) is 0 Å². The van der Waals surface area contributed by atoms with Gasteiger partial charge >= 0.3 is 5.97 Å². The molecule has 2 rings (SSSR count). The molecule has 1 aromatic carbocycles. The number of aryl methyl sites for hydroxylation is 2. The molecule has 0 saturated heterocycles. The summed E-state index contributed by atoms with van der Waals surface area (Å²) in [4.78, 5) is 24.2. The van der Waals surface area contributed by atoms with E-state index >= 15 is 0 Å². The molecule has 0 spiro atoms. The molecule has 1 heterocycles. The maximum Gasteiger partial charge on any atom is 0.305 e. The number of furan rings is 1. The summed E-state index contributed by atoms with van der Waals surface area (Å²) in [7, 11) is 1.59. The van der Waals surface area contributed by atoms with Gasteiger partial charge in [0, 0.05) is 19.0 Å². The van der Waals surface area contributed by atoms with Gasteiger partial charge in [0.25, 0.3) is 5.91 Å². The Balaban J connectivity index is 2.30. The molecule has 0 saturated carbocycles. The first-order valence-electron chi connectivity index (χ1n) is 6.36. The van der Waals surface area contributed by atoms with Gasteiger partial charge in [-0.25, -0.2) is 0 Å². The third-order valence-corrected chi connectivity index (χ3v) is 3.43. The molecule has 0 aliphatic rings. The summed E-state index contributed by atoms with van der Waals surface area (Å²) < 4.78 is 5.42. The molecule has 0 bridgehead atoms. The van der Waals surface area contributed by atoms with Gasteiger partial charge in [0.2, 0.25) is 0 Å². The fraction of sp³-hybridized carbons (Fsp3) is 0.333. The summed E-state index contributed by atoms with van der Waals surface area (Å²) in [5, 5.41) is 9.42. The molecule has 0 fully saturated rings. The van der Waals surface area contributed by atoms with Crippen LogP contribution in [0.3, 0.4) is 0 Å². The van der Waals surface area contributed by atoms with E-state index in [1.54, 1.807) is 7.05 Å². The Morgan fingerprint density at radius 1 is 1.25 bits per heavy atom. The molecule has 0 aliphatic carbocycles. The first-order chi connectivity index (χ1) is 9.40. The number of carbonyl (C=O) groups excluding carboxylic acids is 1. The van der Waals surface area contributed by atoms with Crippen LogP contribution in [0.1, 0.15) is 27.9 Å². The number of carboxylic acid groups (broad SMARTS) is 1. The van der Waals surface area contributed by atoms with Crippen molar-refractivity contribution in [1.82, 2.24) is 4.90 Å². The van der Waals surface area contributed by atoms with Gasteiger partial charge < -0.3 is 14.4 Å². The van der Waals surface area contributed by atoms with Crippen molar-refractivity contribution in [3.05, 3.63) is 35.1 Å². The summed E-state index contributed by atoms with van der Waals surface area (Å²) in [5.41, 5.74) is 3.32. The highest BCUT2D eigenvalue weighted by Gasteiger charge is 2.18. The highest BCUT2D eigenvalue weighted by atomic mass is 16.4. The zero-order valence-electron chi connectivity index (χ0n) is 11.8. The van der Waals surface area contributed by atoms with Crippen molar-refractivity contribution in [2.24, 2.45) is 0 Å². The Hall–Kier alpha value is -2.30. The quantitative estimate of drug-likeness (QED) is 0.931. The average Bonchev–Trinajstić information content (AvgIpc) is 2.78. The van der Waals surface area contributed by atoms with Crippen molar-refractivity contribution in [3.63, 3.8) is 0 Å². The zero-order valence-corrected chi connectivity index (χ0v) is 11.8. The predicted octanol–water partition coefficient (Wildman–Crippen LogP) is 2.60. The fourth-order valence-electron chi connectivity index (χ4n) is 2.02. The molecule has 106 valence electrons. The lowest BCUT2D eigenvalue weighted by Crippen LogP contribution is -2.28. The summed E-state index contributed by atoms with van der Waals surface area (Å²) in [5.74, 6) is -1.15. The van der Waals surface area contributed by atoms with Crippen LogP contribution in [0.25, 0.3) is 11.0 Å². The van der Waals surface area contributed by atoms with Crippen molar-refractivity contribution >= 4 is 22.8 Å². The van der Waals surface area contributed by atoms with Crippen LogP contribution in [0.15, 0.2) is 22.8 Å². The maximum absolute atomic E-state index is 12.3. The molecular formula is C15H17NO4. The minimum absolute atomic E-state index is 0.0733. The molecule has 1 aromatic heterocycles. The minimum atomic E-state index is -0.923. The lowest BCUT2D eigenvalue weighted by molar-refractivity contribution is -0.137. The largest absolute Gasteiger partial charge is 0.481 e. The molecule has 0 aliphatic heterocycles. The van der Waals surface area contributed by atoms with E-state index in [0.29, 0.717) is 11.1 Å². The molecule has 5 nitrogen and oxygen atoms in total. The van der Waals surface area contributed by atoms with Crippen LogP contribution in [0.2, 0.25) is 0 Å². The van der Waals surface area contributed by atoms with E-state index in [-0.39, 0.29) is 18.9 Å². The molecule has 2 aromatic rings. The monoisotopic (exact) mass is 275 g/mol. The Kier molecular flexibility index (Phi) is 3.79. The third kappa shape index (κ3) is 2.66. The molecule has 5 heteroatoms. The van der Waals surface area contributed by atoms with E-state index in [0.717, 1.165) is 16.5 Å². The van der Waals surface area contributed by atoms with E-state index in [2.05, 4.69) is 0 Å². The van der Waals surface area contributed by atoms with Crippen molar-refractivity contribution in [1.29, 1.82) is 0 Å². The predicted molar refractivity (Wildman–Crippen MR) is 74.9 cm³/mol. The summed E-state index contributed by atoms with van der Waals surface area (Å²) in [6.07, 6.45) is 1.36. The normalized spacial score (nSPS) is 10.8. The van der Waals surface area contributed by atoms with Gasteiger partial charge in [0.15, 0.2) is 0 Å². The van der Waals surface area contributed by atoms with Gasteiger partial charge in [0.1, 0.15) is 11.8 Å². The number of rotatable bonds is 4. The number of carbonyl (C=O) groups is 2. The van der Waals surface area contributed by atoms with Gasteiger partial charge in [-0.1, -0.05) is 0 Å². The molecule has 0 atom stereocenters. The van der Waals surface area contributed by atoms with Gasteiger partial charge in [-0.05, 0) is 37.1 Å². The third-order valence-electron chi connectivity index (χ3n) is 3.43. The number of benzene rings is 1. The summed E-state index contributed by atoms with van der Waals surface area (Å²) in [6, 6.07) is 3.82. The van der Waals surface area contributed by atoms with E-state index in [4.69, 9.17) is 9.52 Å². The number of hydrogen-bond acceptors (Lipinski definition) is 3. The second-order valence-corrected chi connectivity index (χ2v) is 4.95. The molecule has 0 radical (unpaired) electrons.